The molecule has 0 aromatic heterocycles. The van der Waals surface area contributed by atoms with Gasteiger partial charge in [-0.25, -0.2) is 0 Å². The van der Waals surface area contributed by atoms with Gasteiger partial charge in [0, 0.05) is 0 Å². The molecule has 1 unspecified atom stereocenters. The predicted molar refractivity (Wildman–Crippen MR) is 98.8 cm³/mol. The average molecular weight is 301 g/mol. The van der Waals surface area contributed by atoms with Gasteiger partial charge in [-0.3, -0.25) is 0 Å². The molecule has 3 atom stereocenters. The molecule has 0 saturated carbocycles. The molecule has 2 rings (SSSR count). The smallest absolute Gasteiger partial charge is 0.00122 e. The third kappa shape index (κ3) is 3.26. The fourth-order valence-electron chi connectivity index (χ4n) is 3.96. The normalized spacial score (nSPS) is 30.5. The molecular formula is C22H36. The number of hydrogen-bond donors (Lipinski definition) is 0. The molecule has 0 aromatic rings. The highest BCUT2D eigenvalue weighted by Gasteiger charge is 2.35. The molecule has 22 heavy (non-hydrogen) atoms. The van der Waals surface area contributed by atoms with E-state index in [4.69, 9.17) is 0 Å². The summed E-state index contributed by atoms with van der Waals surface area (Å²) < 4.78 is 0. The Morgan fingerprint density at radius 3 is 1.73 bits per heavy atom. The van der Waals surface area contributed by atoms with Crippen molar-refractivity contribution in [3.05, 3.63) is 34.4 Å². The van der Waals surface area contributed by atoms with Crippen molar-refractivity contribution in [2.24, 2.45) is 28.6 Å². The van der Waals surface area contributed by atoms with Crippen molar-refractivity contribution in [3.8, 4) is 0 Å². The molecule has 124 valence electrons. The van der Waals surface area contributed by atoms with Gasteiger partial charge >= 0.3 is 0 Å². The SMILES string of the molecule is CC1=C(C)C(C)C2=C1C[C@H](C(C)(C)C)C=C[C@H](C(C)(C)C)C2. The van der Waals surface area contributed by atoms with E-state index < -0.39 is 0 Å². The Balaban J connectivity index is 2.49. The largest absolute Gasteiger partial charge is 0.0843 e. The Morgan fingerprint density at radius 1 is 0.818 bits per heavy atom. The first-order valence-electron chi connectivity index (χ1n) is 9.01. The minimum absolute atomic E-state index is 0.328. The summed E-state index contributed by atoms with van der Waals surface area (Å²) in [5, 5.41) is 0. The fraction of sp³-hybridized carbons (Fsp3) is 0.727. The van der Waals surface area contributed by atoms with E-state index in [2.05, 4.69) is 74.5 Å². The van der Waals surface area contributed by atoms with E-state index in [0.717, 1.165) is 0 Å². The Labute approximate surface area is 138 Å². The molecule has 2 aliphatic rings. The maximum absolute atomic E-state index is 2.54. The maximum atomic E-state index is 2.54. The van der Waals surface area contributed by atoms with Crippen LogP contribution in [0.3, 0.4) is 0 Å². The standard InChI is InChI=1S/C22H36/c1-14-15(2)19-12-17(21(4,5)6)10-11-18(22(7,8)9)13-20(19)16(14)3/h10-11,15,17-18H,12-13H2,1-9H3/t15?,17-,18+/m0/s1. The summed E-state index contributed by atoms with van der Waals surface area (Å²) in [6, 6.07) is 0. The second kappa shape index (κ2) is 5.69. The average Bonchev–Trinajstić information content (AvgIpc) is 2.50. The van der Waals surface area contributed by atoms with Gasteiger partial charge in [-0.1, -0.05) is 71.8 Å². The zero-order chi connectivity index (χ0) is 16.9. The highest BCUT2D eigenvalue weighted by Crippen LogP contribution is 2.48. The molecule has 0 saturated heterocycles. The zero-order valence-electron chi connectivity index (χ0n) is 16.3. The summed E-state index contributed by atoms with van der Waals surface area (Å²) in [6.45, 7) is 21.5. The van der Waals surface area contributed by atoms with E-state index in [9.17, 15) is 0 Å². The van der Waals surface area contributed by atoms with Crippen molar-refractivity contribution in [2.45, 2.75) is 75.2 Å². The Morgan fingerprint density at radius 2 is 1.27 bits per heavy atom. The van der Waals surface area contributed by atoms with E-state index in [-0.39, 0.29) is 0 Å². The third-order valence-corrected chi connectivity index (χ3v) is 6.27. The van der Waals surface area contributed by atoms with Gasteiger partial charge in [0.05, 0.1) is 0 Å². The lowest BCUT2D eigenvalue weighted by Gasteiger charge is -2.35. The Bertz CT molecular complexity index is 525. The third-order valence-electron chi connectivity index (χ3n) is 6.27. The molecule has 0 heterocycles. The Kier molecular flexibility index (Phi) is 4.55. The second-order valence-electron chi connectivity index (χ2n) is 9.77. The van der Waals surface area contributed by atoms with Crippen molar-refractivity contribution in [1.29, 1.82) is 0 Å². The number of allylic oxidation sites excluding steroid dienone is 6. The van der Waals surface area contributed by atoms with Gasteiger partial charge in [0.15, 0.2) is 0 Å². The van der Waals surface area contributed by atoms with E-state index in [1.807, 2.05) is 0 Å². The molecule has 0 N–H and O–H groups in total. The first-order chi connectivity index (χ1) is 9.93. The lowest BCUT2D eigenvalue weighted by Crippen LogP contribution is -2.25. The van der Waals surface area contributed by atoms with Gasteiger partial charge in [-0.2, -0.15) is 0 Å². The maximum Gasteiger partial charge on any atom is -0.00122 e. The van der Waals surface area contributed by atoms with Crippen LogP contribution in [0.25, 0.3) is 0 Å². The molecule has 0 nitrogen and oxygen atoms in total. The summed E-state index contributed by atoms with van der Waals surface area (Å²) in [4.78, 5) is 0. The summed E-state index contributed by atoms with van der Waals surface area (Å²) in [7, 11) is 0. The van der Waals surface area contributed by atoms with Crippen molar-refractivity contribution in [2.75, 3.05) is 0 Å². The van der Waals surface area contributed by atoms with Crippen LogP contribution in [0.2, 0.25) is 0 Å². The van der Waals surface area contributed by atoms with Gasteiger partial charge in [0.25, 0.3) is 0 Å². The molecule has 0 spiro atoms. The molecule has 0 aromatic carbocycles. The molecule has 0 amide bonds. The molecule has 0 radical (unpaired) electrons. The van der Waals surface area contributed by atoms with Crippen LogP contribution in [0, 0.1) is 28.6 Å². The van der Waals surface area contributed by atoms with Gasteiger partial charge in [-0.15, -0.1) is 0 Å². The predicted octanol–water partition coefficient (Wildman–Crippen LogP) is 6.94. The molecule has 0 fully saturated rings. The van der Waals surface area contributed by atoms with Crippen LogP contribution < -0.4 is 0 Å². The minimum Gasteiger partial charge on any atom is -0.0843 e. The minimum atomic E-state index is 0.328. The van der Waals surface area contributed by atoms with E-state index in [1.165, 1.54) is 12.8 Å². The molecule has 2 aliphatic carbocycles. The summed E-state index contributed by atoms with van der Waals surface area (Å²) in [6.07, 6.45) is 7.53. The summed E-state index contributed by atoms with van der Waals surface area (Å²) in [5.41, 5.74) is 7.26. The highest BCUT2D eigenvalue weighted by molar-refractivity contribution is 5.49. The highest BCUT2D eigenvalue weighted by atomic mass is 14.4. The van der Waals surface area contributed by atoms with Gasteiger partial charge < -0.3 is 0 Å². The van der Waals surface area contributed by atoms with Gasteiger partial charge in [-0.05, 0) is 66.4 Å². The van der Waals surface area contributed by atoms with Gasteiger partial charge in [0.2, 0.25) is 0 Å². The number of rotatable bonds is 0. The van der Waals surface area contributed by atoms with E-state index in [0.29, 0.717) is 28.6 Å². The molecule has 0 heteroatoms. The van der Waals surface area contributed by atoms with Crippen molar-refractivity contribution in [1.82, 2.24) is 0 Å². The second-order valence-corrected chi connectivity index (χ2v) is 9.77. The van der Waals surface area contributed by atoms with Crippen LogP contribution >= 0.6 is 0 Å². The van der Waals surface area contributed by atoms with Crippen molar-refractivity contribution in [3.63, 3.8) is 0 Å². The van der Waals surface area contributed by atoms with Crippen LogP contribution in [0.4, 0.5) is 0 Å². The van der Waals surface area contributed by atoms with Gasteiger partial charge in [0.1, 0.15) is 0 Å². The fourth-order valence-corrected chi connectivity index (χ4v) is 3.96. The first kappa shape index (κ1) is 17.6. The van der Waals surface area contributed by atoms with Crippen LogP contribution in [0.5, 0.6) is 0 Å². The van der Waals surface area contributed by atoms with E-state index >= 15 is 0 Å². The van der Waals surface area contributed by atoms with E-state index in [1.54, 1.807) is 22.3 Å². The monoisotopic (exact) mass is 300 g/mol. The van der Waals surface area contributed by atoms with Crippen LogP contribution in [-0.2, 0) is 0 Å². The first-order valence-corrected chi connectivity index (χ1v) is 9.01. The van der Waals surface area contributed by atoms with Crippen LogP contribution in [0.15, 0.2) is 34.4 Å². The van der Waals surface area contributed by atoms with Crippen LogP contribution in [-0.4, -0.2) is 0 Å². The quantitative estimate of drug-likeness (QED) is 0.425. The topological polar surface area (TPSA) is 0 Å². The zero-order valence-corrected chi connectivity index (χ0v) is 16.3. The summed E-state index contributed by atoms with van der Waals surface area (Å²) >= 11 is 0. The van der Waals surface area contributed by atoms with Crippen LogP contribution in [0.1, 0.15) is 75.2 Å². The number of hydrogen-bond acceptors (Lipinski definition) is 0. The lowest BCUT2D eigenvalue weighted by molar-refractivity contribution is 0.265. The molecular weight excluding hydrogens is 264 g/mol. The molecule has 0 bridgehead atoms. The Hall–Kier alpha value is -0.780. The van der Waals surface area contributed by atoms with Crippen molar-refractivity contribution >= 4 is 0 Å². The van der Waals surface area contributed by atoms with Crippen molar-refractivity contribution < 1.29 is 0 Å². The summed E-state index contributed by atoms with van der Waals surface area (Å²) in [5.74, 6) is 1.92. The molecule has 0 aliphatic heterocycles. The lowest BCUT2D eigenvalue weighted by atomic mass is 9.69.